The van der Waals surface area contributed by atoms with Gasteiger partial charge in [0.15, 0.2) is 0 Å². The fraction of sp³-hybridized carbons (Fsp3) is 0.870. The Morgan fingerprint density at radius 3 is 2.47 bits per heavy atom. The van der Waals surface area contributed by atoms with E-state index >= 15 is 0 Å². The molecule has 0 aromatic rings. The van der Waals surface area contributed by atoms with E-state index in [9.17, 15) is 9.59 Å². The van der Waals surface area contributed by atoms with Gasteiger partial charge in [0.05, 0.1) is 18.8 Å². The maximum Gasteiger partial charge on any atom is 0.412 e. The second-order valence-corrected chi connectivity index (χ2v) is 9.90. The molecule has 2 unspecified atom stereocenters. The van der Waals surface area contributed by atoms with Crippen molar-refractivity contribution in [3.05, 3.63) is 0 Å². The van der Waals surface area contributed by atoms with Gasteiger partial charge in [0, 0.05) is 26.1 Å². The molecule has 0 radical (unpaired) electrons. The quantitative estimate of drug-likeness (QED) is 0.487. The predicted octanol–water partition coefficient (Wildman–Crippen LogP) is 4.35. The smallest absolute Gasteiger partial charge is 0.412 e. The van der Waals surface area contributed by atoms with E-state index < -0.39 is 17.3 Å². The first-order chi connectivity index (χ1) is 14.9. The average molecular weight is 456 g/mol. The maximum absolute atomic E-state index is 12.5. The highest BCUT2D eigenvalue weighted by Gasteiger charge is 2.31. The molecule has 1 aliphatic rings. The monoisotopic (exact) mass is 455 g/mol. The van der Waals surface area contributed by atoms with Crippen molar-refractivity contribution in [1.82, 2.24) is 10.2 Å². The van der Waals surface area contributed by atoms with Crippen molar-refractivity contribution < 1.29 is 28.5 Å². The fourth-order valence-electron chi connectivity index (χ4n) is 3.15. The molecule has 9 heteroatoms. The molecule has 0 aliphatic carbocycles. The van der Waals surface area contributed by atoms with Gasteiger partial charge < -0.3 is 24.3 Å². The molecule has 0 saturated carbocycles. The van der Waals surface area contributed by atoms with Crippen molar-refractivity contribution in [2.24, 2.45) is 0 Å². The number of carbonyl (C=O) groups is 2. The summed E-state index contributed by atoms with van der Waals surface area (Å²) < 4.78 is 22.5. The number of alkyl carbamates (subject to hydrolysis) is 1. The molecule has 9 nitrogen and oxygen atoms in total. The summed E-state index contributed by atoms with van der Waals surface area (Å²) in [5, 5.41) is 11.7. The summed E-state index contributed by atoms with van der Waals surface area (Å²) in [5.41, 5.74) is -1.10. The number of nitrogens with zero attached hydrogens (tertiary/aromatic N) is 2. The van der Waals surface area contributed by atoms with Gasteiger partial charge in [0.25, 0.3) is 0 Å². The lowest BCUT2D eigenvalue weighted by Gasteiger charge is -2.37. The van der Waals surface area contributed by atoms with Gasteiger partial charge in [-0.15, -0.1) is 0 Å². The molecule has 1 fully saturated rings. The minimum absolute atomic E-state index is 0.123. The molecule has 0 bridgehead atoms. The highest BCUT2D eigenvalue weighted by atomic mass is 16.6. The van der Waals surface area contributed by atoms with Crippen LogP contribution in [0.25, 0.3) is 0 Å². The van der Waals surface area contributed by atoms with Gasteiger partial charge in [-0.3, -0.25) is 4.90 Å². The Kier molecular flexibility index (Phi) is 11.8. The molecule has 1 saturated heterocycles. The number of nitrogens with one attached hydrogen (secondary N) is 1. The third kappa shape index (κ3) is 12.7. The summed E-state index contributed by atoms with van der Waals surface area (Å²) in [4.78, 5) is 25.9. The number of amides is 2. The Hall–Kier alpha value is -2.05. The van der Waals surface area contributed by atoms with Crippen molar-refractivity contribution >= 4 is 12.2 Å². The Labute approximate surface area is 192 Å². The number of carbonyl (C=O) groups excluding carboxylic acids is 2. The van der Waals surface area contributed by atoms with Gasteiger partial charge in [-0.2, -0.15) is 5.26 Å². The van der Waals surface area contributed by atoms with Crippen LogP contribution in [-0.2, 0) is 18.9 Å². The number of ether oxygens (including phenoxy) is 4. The molecular weight excluding hydrogens is 414 g/mol. The van der Waals surface area contributed by atoms with Gasteiger partial charge in [0.1, 0.15) is 17.4 Å². The van der Waals surface area contributed by atoms with Gasteiger partial charge >= 0.3 is 12.2 Å². The van der Waals surface area contributed by atoms with Crippen LogP contribution in [0.2, 0.25) is 0 Å². The zero-order valence-corrected chi connectivity index (χ0v) is 20.6. The van der Waals surface area contributed by atoms with Gasteiger partial charge in [-0.1, -0.05) is 0 Å². The molecule has 1 rings (SSSR count). The molecule has 2 atom stereocenters. The summed E-state index contributed by atoms with van der Waals surface area (Å²) in [7, 11) is 0. The molecular formula is C23H41N3O6. The number of hydrogen-bond donors (Lipinski definition) is 1. The van der Waals surface area contributed by atoms with Gasteiger partial charge in [-0.25, -0.2) is 9.59 Å². The van der Waals surface area contributed by atoms with E-state index in [1.54, 1.807) is 4.90 Å². The standard InChI is InChI=1S/C23H41N3O6/c1-22(2,3)31-20(27)25-14-8-16-29-18(10-7-13-24)11-12-19-26(15-9-17-30-19)21(28)32-23(4,5)6/h18-19H,7-12,14-17H2,1-6H3,(H,25,27). The minimum atomic E-state index is -0.565. The summed E-state index contributed by atoms with van der Waals surface area (Å²) >= 11 is 0. The molecule has 184 valence electrons. The van der Waals surface area contributed by atoms with Crippen LogP contribution >= 0.6 is 0 Å². The van der Waals surface area contributed by atoms with E-state index in [1.165, 1.54) is 0 Å². The van der Waals surface area contributed by atoms with Crippen LogP contribution in [0.15, 0.2) is 0 Å². The molecule has 32 heavy (non-hydrogen) atoms. The van der Waals surface area contributed by atoms with E-state index in [4.69, 9.17) is 24.2 Å². The summed E-state index contributed by atoms with van der Waals surface area (Å²) in [6.45, 7) is 13.1. The molecule has 1 heterocycles. The molecule has 2 amide bonds. The summed E-state index contributed by atoms with van der Waals surface area (Å²) in [6, 6.07) is 2.16. The first-order valence-corrected chi connectivity index (χ1v) is 11.5. The molecule has 1 N–H and O–H groups in total. The third-order valence-electron chi connectivity index (χ3n) is 4.49. The van der Waals surface area contributed by atoms with Gasteiger partial charge in [-0.05, 0) is 73.6 Å². The topological polar surface area (TPSA) is 110 Å². The number of rotatable bonds is 10. The normalized spacial score (nSPS) is 17.9. The number of hydrogen-bond acceptors (Lipinski definition) is 7. The van der Waals surface area contributed by atoms with Crippen LogP contribution in [0, 0.1) is 11.3 Å². The van der Waals surface area contributed by atoms with Crippen LogP contribution in [0.5, 0.6) is 0 Å². The van der Waals surface area contributed by atoms with Crippen LogP contribution in [0.4, 0.5) is 9.59 Å². The zero-order valence-electron chi connectivity index (χ0n) is 20.6. The Morgan fingerprint density at radius 2 is 1.84 bits per heavy atom. The van der Waals surface area contributed by atoms with E-state index in [-0.39, 0.29) is 18.4 Å². The Morgan fingerprint density at radius 1 is 1.16 bits per heavy atom. The van der Waals surface area contributed by atoms with Crippen molar-refractivity contribution in [2.45, 2.75) is 104 Å². The summed E-state index contributed by atoms with van der Waals surface area (Å²) in [5.74, 6) is 0. The molecule has 0 aromatic heterocycles. The van der Waals surface area contributed by atoms with Gasteiger partial charge in [0.2, 0.25) is 0 Å². The lowest BCUT2D eigenvalue weighted by molar-refractivity contribution is -0.104. The Balaban J connectivity index is 2.46. The third-order valence-corrected chi connectivity index (χ3v) is 4.49. The highest BCUT2D eigenvalue weighted by Crippen LogP contribution is 2.21. The maximum atomic E-state index is 12.5. The average Bonchev–Trinajstić information content (AvgIpc) is 2.66. The van der Waals surface area contributed by atoms with E-state index in [2.05, 4.69) is 11.4 Å². The highest BCUT2D eigenvalue weighted by molar-refractivity contribution is 5.68. The molecule has 0 spiro atoms. The molecule has 1 aliphatic heterocycles. The number of nitriles is 1. The lowest BCUT2D eigenvalue weighted by Crippen LogP contribution is -2.48. The first-order valence-electron chi connectivity index (χ1n) is 11.5. The molecule has 0 aromatic carbocycles. The van der Waals surface area contributed by atoms with Crippen LogP contribution in [0.1, 0.15) is 80.1 Å². The minimum Gasteiger partial charge on any atom is -0.444 e. The van der Waals surface area contributed by atoms with Crippen molar-refractivity contribution in [1.29, 1.82) is 5.26 Å². The van der Waals surface area contributed by atoms with Crippen LogP contribution in [-0.4, -0.2) is 66.9 Å². The van der Waals surface area contributed by atoms with Crippen molar-refractivity contribution in [2.75, 3.05) is 26.3 Å². The fourth-order valence-corrected chi connectivity index (χ4v) is 3.15. The lowest BCUT2D eigenvalue weighted by atomic mass is 10.1. The van der Waals surface area contributed by atoms with Crippen molar-refractivity contribution in [3.63, 3.8) is 0 Å². The largest absolute Gasteiger partial charge is 0.444 e. The van der Waals surface area contributed by atoms with Crippen molar-refractivity contribution in [3.8, 4) is 6.07 Å². The second-order valence-electron chi connectivity index (χ2n) is 9.90. The Bertz CT molecular complexity index is 621. The summed E-state index contributed by atoms with van der Waals surface area (Å²) in [6.07, 6.45) is 2.36. The van der Waals surface area contributed by atoms with E-state index in [0.717, 1.165) is 6.42 Å². The SMILES string of the molecule is CC(C)(C)OC(=O)NCCCOC(CCC#N)CCC1OCCCN1C(=O)OC(C)(C)C. The predicted molar refractivity (Wildman–Crippen MR) is 120 cm³/mol. The van der Waals surface area contributed by atoms with E-state index in [0.29, 0.717) is 58.4 Å². The van der Waals surface area contributed by atoms with Crippen LogP contribution in [0.3, 0.4) is 0 Å². The van der Waals surface area contributed by atoms with Crippen LogP contribution < -0.4 is 5.32 Å². The first kappa shape index (κ1) is 28.0. The zero-order chi connectivity index (χ0) is 24.2. The van der Waals surface area contributed by atoms with E-state index in [1.807, 2.05) is 41.5 Å². The second kappa shape index (κ2) is 13.5.